The smallest absolute Gasteiger partial charge is 0.0719 e. The summed E-state index contributed by atoms with van der Waals surface area (Å²) in [5, 5.41) is 0.826. The highest BCUT2D eigenvalue weighted by molar-refractivity contribution is 8.00. The van der Waals surface area contributed by atoms with E-state index >= 15 is 0 Å². The highest BCUT2D eigenvalue weighted by atomic mass is 32.2. The Morgan fingerprint density at radius 1 is 1.29 bits per heavy atom. The summed E-state index contributed by atoms with van der Waals surface area (Å²) in [6.45, 7) is 7.57. The molecule has 1 nitrogen and oxygen atoms in total. The van der Waals surface area contributed by atoms with E-state index in [1.54, 1.807) is 0 Å². The van der Waals surface area contributed by atoms with Crippen molar-refractivity contribution in [1.29, 1.82) is 0 Å². The van der Waals surface area contributed by atoms with Gasteiger partial charge in [-0.25, -0.2) is 0 Å². The first kappa shape index (κ1) is 12.4. The van der Waals surface area contributed by atoms with E-state index in [4.69, 9.17) is 4.74 Å². The first-order valence-electron chi connectivity index (χ1n) is 6.02. The Bertz CT molecular complexity index is 147. The van der Waals surface area contributed by atoms with E-state index in [0.717, 1.165) is 17.8 Å². The first-order chi connectivity index (χ1) is 6.79. The Hall–Kier alpha value is 0.310. The molecule has 1 saturated heterocycles. The third kappa shape index (κ3) is 3.47. The number of rotatable bonds is 0. The predicted molar refractivity (Wildman–Crippen MR) is 65.0 cm³/mol. The van der Waals surface area contributed by atoms with Crippen LogP contribution in [0.3, 0.4) is 0 Å². The molecule has 2 fully saturated rings. The molecule has 0 bridgehead atoms. The van der Waals surface area contributed by atoms with E-state index in [2.05, 4.69) is 32.5 Å². The average Bonchev–Trinajstić information content (AvgIpc) is 2.20. The van der Waals surface area contributed by atoms with Gasteiger partial charge in [-0.3, -0.25) is 0 Å². The zero-order valence-corrected chi connectivity index (χ0v) is 10.6. The van der Waals surface area contributed by atoms with Crippen molar-refractivity contribution >= 4 is 11.8 Å². The van der Waals surface area contributed by atoms with Gasteiger partial charge in [-0.1, -0.05) is 33.6 Å². The summed E-state index contributed by atoms with van der Waals surface area (Å²) in [4.78, 5) is 0. The lowest BCUT2D eigenvalue weighted by atomic mass is 9.87. The summed E-state index contributed by atoms with van der Waals surface area (Å²) in [5.74, 6) is 2.02. The number of fused-ring (bicyclic) bond motifs is 1. The SMILES string of the molecule is CCC.C[C@@H]1CCCC2SCCOC21. The number of hydrogen-bond donors (Lipinski definition) is 0. The minimum absolute atomic E-state index is 0.586. The second-order valence-corrected chi connectivity index (χ2v) is 5.71. The van der Waals surface area contributed by atoms with Crippen molar-refractivity contribution < 1.29 is 4.74 Å². The molecule has 0 amide bonds. The highest BCUT2D eigenvalue weighted by Crippen LogP contribution is 2.36. The molecule has 3 atom stereocenters. The van der Waals surface area contributed by atoms with Gasteiger partial charge in [-0.2, -0.15) is 11.8 Å². The van der Waals surface area contributed by atoms with Crippen LogP contribution in [0.25, 0.3) is 0 Å². The van der Waals surface area contributed by atoms with Gasteiger partial charge in [-0.15, -0.1) is 0 Å². The Kier molecular flexibility index (Phi) is 5.95. The van der Waals surface area contributed by atoms with Crippen LogP contribution in [0.4, 0.5) is 0 Å². The summed E-state index contributed by atoms with van der Waals surface area (Å²) < 4.78 is 5.77. The van der Waals surface area contributed by atoms with Crippen LogP contribution in [0.1, 0.15) is 46.5 Å². The van der Waals surface area contributed by atoms with Crippen molar-refractivity contribution in [3.63, 3.8) is 0 Å². The van der Waals surface area contributed by atoms with Crippen LogP contribution in [0.5, 0.6) is 0 Å². The van der Waals surface area contributed by atoms with Crippen LogP contribution in [0.2, 0.25) is 0 Å². The quantitative estimate of drug-likeness (QED) is 0.610. The largest absolute Gasteiger partial charge is 0.376 e. The van der Waals surface area contributed by atoms with Crippen molar-refractivity contribution in [2.75, 3.05) is 12.4 Å². The lowest BCUT2D eigenvalue weighted by Gasteiger charge is -2.39. The summed E-state index contributed by atoms with van der Waals surface area (Å²) in [5.41, 5.74) is 0. The van der Waals surface area contributed by atoms with Crippen molar-refractivity contribution in [2.45, 2.75) is 57.8 Å². The van der Waals surface area contributed by atoms with Crippen LogP contribution in [-0.2, 0) is 4.74 Å². The van der Waals surface area contributed by atoms with Crippen LogP contribution in [0, 0.1) is 5.92 Å². The normalized spacial score (nSPS) is 36.6. The molecule has 0 aromatic carbocycles. The second kappa shape index (κ2) is 6.73. The van der Waals surface area contributed by atoms with Gasteiger partial charge < -0.3 is 4.74 Å². The first-order valence-corrected chi connectivity index (χ1v) is 7.07. The van der Waals surface area contributed by atoms with E-state index in [9.17, 15) is 0 Å². The molecule has 1 heterocycles. The Labute approximate surface area is 93.0 Å². The van der Waals surface area contributed by atoms with Crippen molar-refractivity contribution in [2.24, 2.45) is 5.92 Å². The van der Waals surface area contributed by atoms with Gasteiger partial charge in [0, 0.05) is 11.0 Å². The van der Waals surface area contributed by atoms with E-state index in [1.165, 1.54) is 31.4 Å². The van der Waals surface area contributed by atoms with Gasteiger partial charge in [0.25, 0.3) is 0 Å². The molecule has 0 radical (unpaired) electrons. The molecule has 84 valence electrons. The molecule has 2 rings (SSSR count). The van der Waals surface area contributed by atoms with Gasteiger partial charge in [0.1, 0.15) is 0 Å². The Morgan fingerprint density at radius 2 is 2.00 bits per heavy atom. The lowest BCUT2D eigenvalue weighted by molar-refractivity contribution is 0.00167. The summed E-state index contributed by atoms with van der Waals surface area (Å²) in [6.07, 6.45) is 6.02. The topological polar surface area (TPSA) is 9.23 Å². The maximum absolute atomic E-state index is 5.77. The van der Waals surface area contributed by atoms with Gasteiger partial charge in [0.15, 0.2) is 0 Å². The zero-order valence-electron chi connectivity index (χ0n) is 9.79. The van der Waals surface area contributed by atoms with Crippen molar-refractivity contribution in [3.8, 4) is 0 Å². The summed E-state index contributed by atoms with van der Waals surface area (Å²) in [6, 6.07) is 0. The molecule has 1 aliphatic heterocycles. The third-order valence-electron chi connectivity index (χ3n) is 2.80. The van der Waals surface area contributed by atoms with E-state index < -0.39 is 0 Å². The molecule has 14 heavy (non-hydrogen) atoms. The molecule has 0 aromatic rings. The fourth-order valence-electron chi connectivity index (χ4n) is 2.17. The minimum Gasteiger partial charge on any atom is -0.376 e. The van der Waals surface area contributed by atoms with Gasteiger partial charge in [0.2, 0.25) is 0 Å². The van der Waals surface area contributed by atoms with E-state index in [0.29, 0.717) is 6.10 Å². The predicted octanol–water partition coefficient (Wildman–Crippen LogP) is 3.72. The molecule has 1 aliphatic carbocycles. The van der Waals surface area contributed by atoms with Crippen LogP contribution < -0.4 is 0 Å². The molecular weight excluding hydrogens is 192 g/mol. The maximum atomic E-state index is 5.77. The molecule has 0 N–H and O–H groups in total. The highest BCUT2D eigenvalue weighted by Gasteiger charge is 2.33. The number of thioether (sulfide) groups is 1. The minimum atomic E-state index is 0.586. The molecular formula is C12H24OS. The molecule has 1 saturated carbocycles. The average molecular weight is 216 g/mol. The van der Waals surface area contributed by atoms with Gasteiger partial charge in [-0.05, 0) is 18.8 Å². The second-order valence-electron chi connectivity index (χ2n) is 4.36. The summed E-state index contributed by atoms with van der Waals surface area (Å²) >= 11 is 2.13. The van der Waals surface area contributed by atoms with Crippen LogP contribution in [0.15, 0.2) is 0 Å². The molecule has 2 unspecified atom stereocenters. The fraction of sp³-hybridized carbons (Fsp3) is 1.00. The standard InChI is InChI=1S/C9H16OS.C3H8/c1-7-3-2-4-8-9(7)10-5-6-11-8;1-3-2/h7-9H,2-6H2,1H3;3H2,1-2H3/t7-,8?,9?;/m1./s1. The number of hydrogen-bond acceptors (Lipinski definition) is 2. The molecule has 2 aliphatic rings. The van der Waals surface area contributed by atoms with Crippen LogP contribution >= 0.6 is 11.8 Å². The number of ether oxygens (including phenoxy) is 1. The maximum Gasteiger partial charge on any atom is 0.0719 e. The fourth-order valence-corrected chi connectivity index (χ4v) is 3.53. The van der Waals surface area contributed by atoms with E-state index in [1.807, 2.05) is 0 Å². The van der Waals surface area contributed by atoms with Gasteiger partial charge >= 0.3 is 0 Å². The molecule has 0 spiro atoms. The third-order valence-corrected chi connectivity index (χ3v) is 4.14. The van der Waals surface area contributed by atoms with Gasteiger partial charge in [0.05, 0.1) is 12.7 Å². The van der Waals surface area contributed by atoms with Crippen LogP contribution in [-0.4, -0.2) is 23.7 Å². The zero-order chi connectivity index (χ0) is 10.4. The molecule has 0 aromatic heterocycles. The Morgan fingerprint density at radius 3 is 2.64 bits per heavy atom. The summed E-state index contributed by atoms with van der Waals surface area (Å²) in [7, 11) is 0. The monoisotopic (exact) mass is 216 g/mol. The molecule has 2 heteroatoms. The van der Waals surface area contributed by atoms with E-state index in [-0.39, 0.29) is 0 Å². The van der Waals surface area contributed by atoms with Crippen molar-refractivity contribution in [3.05, 3.63) is 0 Å². The Balaban J connectivity index is 0.000000293. The lowest BCUT2D eigenvalue weighted by Crippen LogP contribution is -2.40. The van der Waals surface area contributed by atoms with Crippen molar-refractivity contribution in [1.82, 2.24) is 0 Å².